The highest BCUT2D eigenvalue weighted by atomic mass is 16.2. The SMILES string of the molecule is CN1Cc2ccccc2NC2(CCN(Cc3cnn(C)c3)CC2)CC1=O. The van der Waals surface area contributed by atoms with Gasteiger partial charge in [-0.25, -0.2) is 0 Å². The van der Waals surface area contributed by atoms with Gasteiger partial charge in [0.2, 0.25) is 5.91 Å². The number of nitrogens with zero attached hydrogens (tertiary/aromatic N) is 4. The molecule has 2 aliphatic rings. The molecule has 1 N–H and O–H groups in total. The number of aromatic nitrogens is 2. The van der Waals surface area contributed by atoms with Gasteiger partial charge < -0.3 is 10.2 Å². The van der Waals surface area contributed by atoms with E-state index in [0.29, 0.717) is 13.0 Å². The van der Waals surface area contributed by atoms with Crippen LogP contribution in [0.1, 0.15) is 30.4 Å². The van der Waals surface area contributed by atoms with Crippen molar-refractivity contribution in [2.75, 3.05) is 25.5 Å². The van der Waals surface area contributed by atoms with Crippen LogP contribution in [-0.2, 0) is 24.9 Å². The molecular formula is C20H27N5O. The standard InChI is InChI=1S/C20H27N5O/c1-23-15-17-5-3-4-6-18(17)22-20(11-19(23)26)7-9-25(10-8-20)14-16-12-21-24(2)13-16/h3-6,12-13,22H,7-11,14-15H2,1-2H3. The van der Waals surface area contributed by atoms with E-state index < -0.39 is 0 Å². The number of rotatable bonds is 2. The first-order valence-electron chi connectivity index (χ1n) is 9.33. The van der Waals surface area contributed by atoms with Gasteiger partial charge in [0.05, 0.1) is 6.20 Å². The fourth-order valence-corrected chi connectivity index (χ4v) is 4.13. The molecule has 1 aromatic carbocycles. The molecule has 26 heavy (non-hydrogen) atoms. The van der Waals surface area contributed by atoms with Gasteiger partial charge in [-0.3, -0.25) is 14.4 Å². The molecule has 0 unspecified atom stereocenters. The van der Waals surface area contributed by atoms with Crippen molar-refractivity contribution >= 4 is 11.6 Å². The summed E-state index contributed by atoms with van der Waals surface area (Å²) < 4.78 is 1.85. The molecule has 1 saturated heterocycles. The summed E-state index contributed by atoms with van der Waals surface area (Å²) in [7, 11) is 3.86. The van der Waals surface area contributed by atoms with E-state index in [9.17, 15) is 4.79 Å². The van der Waals surface area contributed by atoms with Crippen LogP contribution < -0.4 is 5.32 Å². The van der Waals surface area contributed by atoms with Crippen LogP contribution in [0.5, 0.6) is 0 Å². The van der Waals surface area contributed by atoms with Crippen molar-refractivity contribution in [3.63, 3.8) is 0 Å². The summed E-state index contributed by atoms with van der Waals surface area (Å²) in [6, 6.07) is 8.37. The summed E-state index contributed by atoms with van der Waals surface area (Å²) in [6.45, 7) is 3.57. The number of hydrogen-bond acceptors (Lipinski definition) is 4. The summed E-state index contributed by atoms with van der Waals surface area (Å²) in [5.74, 6) is 0.229. The number of carbonyl (C=O) groups is 1. The van der Waals surface area contributed by atoms with Crippen molar-refractivity contribution in [2.45, 2.75) is 37.9 Å². The van der Waals surface area contributed by atoms with E-state index in [1.54, 1.807) is 0 Å². The van der Waals surface area contributed by atoms with Gasteiger partial charge in [0.25, 0.3) is 0 Å². The second-order valence-corrected chi connectivity index (χ2v) is 7.79. The minimum absolute atomic E-state index is 0.146. The number of hydrogen-bond donors (Lipinski definition) is 1. The van der Waals surface area contributed by atoms with Crippen LogP contribution in [0, 0.1) is 0 Å². The lowest BCUT2D eigenvalue weighted by atomic mass is 9.82. The Morgan fingerprint density at radius 2 is 1.96 bits per heavy atom. The third kappa shape index (κ3) is 3.46. The molecule has 0 bridgehead atoms. The van der Waals surface area contributed by atoms with Crippen molar-refractivity contribution < 1.29 is 4.79 Å². The lowest BCUT2D eigenvalue weighted by Crippen LogP contribution is -2.52. The Morgan fingerprint density at radius 3 is 2.69 bits per heavy atom. The second kappa shape index (κ2) is 6.76. The monoisotopic (exact) mass is 353 g/mol. The zero-order valence-electron chi connectivity index (χ0n) is 15.6. The van der Waals surface area contributed by atoms with E-state index in [-0.39, 0.29) is 11.4 Å². The van der Waals surface area contributed by atoms with E-state index in [2.05, 4.69) is 39.7 Å². The van der Waals surface area contributed by atoms with Crippen LogP contribution in [0.3, 0.4) is 0 Å². The molecule has 2 aromatic rings. The van der Waals surface area contributed by atoms with Crippen molar-refractivity contribution in [3.05, 3.63) is 47.8 Å². The molecule has 0 saturated carbocycles. The first kappa shape index (κ1) is 17.1. The third-order valence-corrected chi connectivity index (χ3v) is 5.72. The molecule has 1 amide bonds. The number of anilines is 1. The highest BCUT2D eigenvalue weighted by Gasteiger charge is 2.38. The molecule has 0 radical (unpaired) electrons. The Bertz CT molecular complexity index is 791. The zero-order chi connectivity index (χ0) is 18.1. The van der Waals surface area contributed by atoms with Crippen LogP contribution in [-0.4, -0.2) is 51.2 Å². The van der Waals surface area contributed by atoms with Gasteiger partial charge in [0.1, 0.15) is 0 Å². The molecule has 4 rings (SSSR count). The lowest BCUT2D eigenvalue weighted by molar-refractivity contribution is -0.132. The Morgan fingerprint density at radius 1 is 1.19 bits per heavy atom. The van der Waals surface area contributed by atoms with Crippen molar-refractivity contribution in [1.29, 1.82) is 0 Å². The summed E-state index contributed by atoms with van der Waals surface area (Å²) in [4.78, 5) is 17.0. The highest BCUT2D eigenvalue weighted by Crippen LogP contribution is 2.34. The number of fused-ring (bicyclic) bond motifs is 1. The number of nitrogens with one attached hydrogen (secondary N) is 1. The molecule has 0 aliphatic carbocycles. The Hall–Kier alpha value is -2.34. The van der Waals surface area contributed by atoms with E-state index in [1.807, 2.05) is 35.9 Å². The first-order chi connectivity index (χ1) is 12.5. The number of likely N-dealkylation sites (tertiary alicyclic amines) is 1. The van der Waals surface area contributed by atoms with Crippen molar-refractivity contribution in [1.82, 2.24) is 19.6 Å². The van der Waals surface area contributed by atoms with Crippen LogP contribution in [0.4, 0.5) is 5.69 Å². The van der Waals surface area contributed by atoms with E-state index in [4.69, 9.17) is 0 Å². The van der Waals surface area contributed by atoms with Gasteiger partial charge in [0, 0.05) is 69.7 Å². The minimum Gasteiger partial charge on any atom is -0.379 e. The molecule has 6 heteroatoms. The fourth-order valence-electron chi connectivity index (χ4n) is 4.13. The topological polar surface area (TPSA) is 53.4 Å². The number of benzene rings is 1. The Balaban J connectivity index is 1.50. The number of carbonyl (C=O) groups excluding carboxylic acids is 1. The van der Waals surface area contributed by atoms with Crippen LogP contribution in [0.25, 0.3) is 0 Å². The van der Waals surface area contributed by atoms with Gasteiger partial charge in [-0.1, -0.05) is 18.2 Å². The van der Waals surface area contributed by atoms with Gasteiger partial charge in [-0.05, 0) is 24.5 Å². The molecule has 3 heterocycles. The zero-order valence-corrected chi connectivity index (χ0v) is 15.6. The fraction of sp³-hybridized carbons (Fsp3) is 0.500. The predicted octanol–water partition coefficient (Wildman–Crippen LogP) is 2.23. The maximum Gasteiger partial charge on any atom is 0.224 e. The van der Waals surface area contributed by atoms with Crippen molar-refractivity contribution in [2.24, 2.45) is 7.05 Å². The molecule has 1 fully saturated rings. The quantitative estimate of drug-likeness (QED) is 0.900. The largest absolute Gasteiger partial charge is 0.379 e. The number of aryl methyl sites for hydroxylation is 1. The maximum atomic E-state index is 12.7. The van der Waals surface area contributed by atoms with Gasteiger partial charge in [-0.2, -0.15) is 5.10 Å². The van der Waals surface area contributed by atoms with Gasteiger partial charge >= 0.3 is 0 Å². The van der Waals surface area contributed by atoms with E-state index >= 15 is 0 Å². The second-order valence-electron chi connectivity index (χ2n) is 7.79. The number of amides is 1. The average Bonchev–Trinajstić information content (AvgIpc) is 3.03. The molecule has 0 atom stereocenters. The summed E-state index contributed by atoms with van der Waals surface area (Å²) in [6.07, 6.45) is 6.53. The normalized spacial score (nSPS) is 20.4. The Labute approximate surface area is 154 Å². The smallest absolute Gasteiger partial charge is 0.224 e. The van der Waals surface area contributed by atoms with E-state index in [0.717, 1.165) is 32.5 Å². The maximum absolute atomic E-state index is 12.7. The Kier molecular flexibility index (Phi) is 4.44. The molecule has 6 nitrogen and oxygen atoms in total. The number of para-hydroxylation sites is 1. The van der Waals surface area contributed by atoms with Crippen LogP contribution in [0.2, 0.25) is 0 Å². The van der Waals surface area contributed by atoms with Gasteiger partial charge in [0.15, 0.2) is 0 Å². The highest BCUT2D eigenvalue weighted by molar-refractivity contribution is 5.79. The molecular weight excluding hydrogens is 326 g/mol. The van der Waals surface area contributed by atoms with E-state index in [1.165, 1.54) is 16.8 Å². The summed E-state index contributed by atoms with van der Waals surface area (Å²) in [5, 5.41) is 8.02. The minimum atomic E-state index is -0.146. The van der Waals surface area contributed by atoms with Crippen LogP contribution in [0.15, 0.2) is 36.7 Å². The third-order valence-electron chi connectivity index (χ3n) is 5.72. The number of piperidine rings is 1. The molecule has 2 aliphatic heterocycles. The van der Waals surface area contributed by atoms with Crippen LogP contribution >= 0.6 is 0 Å². The summed E-state index contributed by atoms with van der Waals surface area (Å²) in [5.41, 5.74) is 3.47. The molecule has 138 valence electrons. The summed E-state index contributed by atoms with van der Waals surface area (Å²) >= 11 is 0. The predicted molar refractivity (Wildman–Crippen MR) is 102 cm³/mol. The lowest BCUT2D eigenvalue weighted by Gasteiger charge is -2.44. The van der Waals surface area contributed by atoms with Gasteiger partial charge in [-0.15, -0.1) is 0 Å². The molecule has 1 aromatic heterocycles. The van der Waals surface area contributed by atoms with Crippen molar-refractivity contribution in [3.8, 4) is 0 Å². The first-order valence-corrected chi connectivity index (χ1v) is 9.33. The molecule has 1 spiro atoms. The average molecular weight is 353 g/mol.